The van der Waals surface area contributed by atoms with Crippen molar-refractivity contribution in [2.45, 2.75) is 0 Å². The first-order valence-corrected chi connectivity index (χ1v) is 5.74. The molecule has 0 heterocycles. The van der Waals surface area contributed by atoms with E-state index in [0.29, 0.717) is 10.8 Å². The minimum atomic E-state index is -0.0780. The second kappa shape index (κ2) is 5.55. The minimum Gasteiger partial charge on any atom is -0.483 e. The predicted octanol–water partition coefficient (Wildman–Crippen LogP) is 2.41. The molecule has 0 bridgehead atoms. The van der Waals surface area contributed by atoms with Gasteiger partial charge in [0.15, 0.2) is 6.61 Å². The smallest absolute Gasteiger partial charge is 0.259 e. The van der Waals surface area contributed by atoms with E-state index < -0.39 is 0 Å². The van der Waals surface area contributed by atoms with Gasteiger partial charge in [0.25, 0.3) is 5.91 Å². The fourth-order valence-corrected chi connectivity index (χ4v) is 1.51. The second-order valence-corrected chi connectivity index (χ2v) is 4.75. The van der Waals surface area contributed by atoms with E-state index in [-0.39, 0.29) is 12.5 Å². The van der Waals surface area contributed by atoms with E-state index >= 15 is 0 Å². The molecule has 0 fully saturated rings. The van der Waals surface area contributed by atoms with Gasteiger partial charge in [0, 0.05) is 19.1 Å². The van der Waals surface area contributed by atoms with Gasteiger partial charge in [-0.3, -0.25) is 4.79 Å². The fourth-order valence-electron chi connectivity index (χ4n) is 0.856. The number of nitrogens with zero attached hydrogens (tertiary/aromatic N) is 1. The van der Waals surface area contributed by atoms with Gasteiger partial charge in [0.1, 0.15) is 5.75 Å². The number of benzene rings is 1. The van der Waals surface area contributed by atoms with Crippen LogP contribution in [0, 0.1) is 3.57 Å². The highest BCUT2D eigenvalue weighted by Crippen LogP contribution is 2.24. The lowest BCUT2D eigenvalue weighted by atomic mass is 10.3. The van der Waals surface area contributed by atoms with Crippen LogP contribution in [0.15, 0.2) is 18.2 Å². The first-order valence-electron chi connectivity index (χ1n) is 4.28. The molecule has 3 nitrogen and oxygen atoms in total. The Bertz CT molecular complexity index is 368. The summed E-state index contributed by atoms with van der Waals surface area (Å²) in [5.74, 6) is 0.559. The summed E-state index contributed by atoms with van der Waals surface area (Å²) in [7, 11) is 3.38. The molecule has 15 heavy (non-hydrogen) atoms. The third kappa shape index (κ3) is 3.87. The standard InChI is InChI=1S/C10H11ClINO2/c1-13(2)10(14)6-15-9-5-7(11)3-4-8(9)12/h3-5H,6H2,1-2H3. The number of hydrogen-bond donors (Lipinski definition) is 0. The Kier molecular flexibility index (Phi) is 4.66. The lowest BCUT2D eigenvalue weighted by Crippen LogP contribution is -2.27. The molecular weight excluding hydrogens is 328 g/mol. The zero-order valence-corrected chi connectivity index (χ0v) is 11.4. The predicted molar refractivity (Wildman–Crippen MR) is 68.4 cm³/mol. The Labute approximate surface area is 107 Å². The number of halogens is 2. The summed E-state index contributed by atoms with van der Waals surface area (Å²) in [5.41, 5.74) is 0. The number of carbonyl (C=O) groups is 1. The normalized spacial score (nSPS) is 9.87. The summed E-state index contributed by atoms with van der Waals surface area (Å²) in [6, 6.07) is 5.33. The molecule has 0 saturated carbocycles. The Morgan fingerprint density at radius 1 is 1.53 bits per heavy atom. The molecule has 0 atom stereocenters. The van der Waals surface area contributed by atoms with Gasteiger partial charge in [-0.05, 0) is 40.8 Å². The van der Waals surface area contributed by atoms with E-state index in [1.54, 1.807) is 26.2 Å². The summed E-state index contributed by atoms with van der Waals surface area (Å²) in [6.45, 7) is 0.0311. The van der Waals surface area contributed by atoms with Crippen LogP contribution in [0.25, 0.3) is 0 Å². The van der Waals surface area contributed by atoms with Gasteiger partial charge in [0.2, 0.25) is 0 Å². The summed E-state index contributed by atoms with van der Waals surface area (Å²) in [4.78, 5) is 12.8. The third-order valence-corrected chi connectivity index (χ3v) is 2.87. The van der Waals surface area contributed by atoms with E-state index in [0.717, 1.165) is 3.57 Å². The van der Waals surface area contributed by atoms with Crippen LogP contribution in [0.2, 0.25) is 5.02 Å². The SMILES string of the molecule is CN(C)C(=O)COc1cc(Cl)ccc1I. The molecule has 5 heteroatoms. The average Bonchev–Trinajstić information content (AvgIpc) is 2.18. The summed E-state index contributed by atoms with van der Waals surface area (Å²) >= 11 is 7.95. The lowest BCUT2D eigenvalue weighted by Gasteiger charge is -2.12. The molecule has 0 spiro atoms. The molecule has 0 aliphatic carbocycles. The first kappa shape index (κ1) is 12.6. The van der Waals surface area contributed by atoms with Gasteiger partial charge in [-0.1, -0.05) is 11.6 Å². The van der Waals surface area contributed by atoms with E-state index in [9.17, 15) is 4.79 Å². The monoisotopic (exact) mass is 339 g/mol. The minimum absolute atomic E-state index is 0.0311. The number of amides is 1. The van der Waals surface area contributed by atoms with Crippen LogP contribution in [0.1, 0.15) is 0 Å². The highest BCUT2D eigenvalue weighted by molar-refractivity contribution is 14.1. The van der Waals surface area contributed by atoms with Gasteiger partial charge in [-0.25, -0.2) is 0 Å². The van der Waals surface area contributed by atoms with Crippen molar-refractivity contribution in [3.05, 3.63) is 26.8 Å². The van der Waals surface area contributed by atoms with Crippen LogP contribution >= 0.6 is 34.2 Å². The molecule has 1 amide bonds. The first-order chi connectivity index (χ1) is 7.00. The highest BCUT2D eigenvalue weighted by atomic mass is 127. The molecule has 0 N–H and O–H groups in total. The van der Waals surface area contributed by atoms with Gasteiger partial charge >= 0.3 is 0 Å². The van der Waals surface area contributed by atoms with Crippen LogP contribution < -0.4 is 4.74 Å². The maximum atomic E-state index is 11.3. The van der Waals surface area contributed by atoms with Crippen LogP contribution in [0.3, 0.4) is 0 Å². The van der Waals surface area contributed by atoms with Gasteiger partial charge in [0.05, 0.1) is 3.57 Å². The van der Waals surface area contributed by atoms with Crippen molar-refractivity contribution in [2.24, 2.45) is 0 Å². The maximum absolute atomic E-state index is 11.3. The quantitative estimate of drug-likeness (QED) is 0.792. The zero-order valence-electron chi connectivity index (χ0n) is 8.46. The van der Waals surface area contributed by atoms with E-state index in [4.69, 9.17) is 16.3 Å². The van der Waals surface area contributed by atoms with Crippen LogP contribution in [-0.4, -0.2) is 31.5 Å². The molecule has 1 aromatic carbocycles. The Balaban J connectivity index is 2.65. The van der Waals surface area contributed by atoms with Crippen LogP contribution in [0.5, 0.6) is 5.75 Å². The van der Waals surface area contributed by atoms with Gasteiger partial charge in [-0.15, -0.1) is 0 Å². The summed E-state index contributed by atoms with van der Waals surface area (Å²) < 4.78 is 6.29. The molecule has 0 aliphatic heterocycles. The average molecular weight is 340 g/mol. The molecule has 0 aliphatic rings. The van der Waals surface area contributed by atoms with E-state index in [2.05, 4.69) is 22.6 Å². The molecule has 0 saturated heterocycles. The van der Waals surface area contributed by atoms with E-state index in [1.165, 1.54) is 4.90 Å². The topological polar surface area (TPSA) is 29.5 Å². The van der Waals surface area contributed by atoms with E-state index in [1.807, 2.05) is 6.07 Å². The van der Waals surface area contributed by atoms with Crippen molar-refractivity contribution in [1.82, 2.24) is 4.90 Å². The molecule has 0 aromatic heterocycles. The van der Waals surface area contributed by atoms with Crippen molar-refractivity contribution in [2.75, 3.05) is 20.7 Å². The fraction of sp³-hybridized carbons (Fsp3) is 0.300. The highest BCUT2D eigenvalue weighted by Gasteiger charge is 2.07. The molecule has 1 aromatic rings. The van der Waals surface area contributed by atoms with Crippen molar-refractivity contribution < 1.29 is 9.53 Å². The number of likely N-dealkylation sites (N-methyl/N-ethyl adjacent to an activating group) is 1. The van der Waals surface area contributed by atoms with Crippen molar-refractivity contribution in [1.29, 1.82) is 0 Å². The molecule has 0 unspecified atom stereocenters. The Morgan fingerprint density at radius 2 is 2.20 bits per heavy atom. The van der Waals surface area contributed by atoms with Crippen molar-refractivity contribution in [3.8, 4) is 5.75 Å². The largest absolute Gasteiger partial charge is 0.483 e. The summed E-state index contributed by atoms with van der Waals surface area (Å²) in [5, 5.41) is 0.600. The molecule has 1 rings (SSSR count). The van der Waals surface area contributed by atoms with Crippen LogP contribution in [0.4, 0.5) is 0 Å². The van der Waals surface area contributed by atoms with Crippen molar-refractivity contribution >= 4 is 40.1 Å². The number of ether oxygens (including phenoxy) is 1. The van der Waals surface area contributed by atoms with Gasteiger partial charge < -0.3 is 9.64 Å². The Hall–Kier alpha value is -0.490. The Morgan fingerprint density at radius 3 is 2.80 bits per heavy atom. The van der Waals surface area contributed by atoms with Crippen LogP contribution in [-0.2, 0) is 4.79 Å². The lowest BCUT2D eigenvalue weighted by molar-refractivity contribution is -0.130. The number of hydrogen-bond acceptors (Lipinski definition) is 2. The van der Waals surface area contributed by atoms with Gasteiger partial charge in [-0.2, -0.15) is 0 Å². The van der Waals surface area contributed by atoms with Crippen molar-refractivity contribution in [3.63, 3.8) is 0 Å². The zero-order chi connectivity index (χ0) is 11.4. The molecular formula is C10H11ClINO2. The number of carbonyl (C=O) groups excluding carboxylic acids is 1. The molecule has 82 valence electrons. The summed E-state index contributed by atoms with van der Waals surface area (Å²) in [6.07, 6.45) is 0. The molecule has 0 radical (unpaired) electrons. The second-order valence-electron chi connectivity index (χ2n) is 3.15. The third-order valence-electron chi connectivity index (χ3n) is 1.74. The number of rotatable bonds is 3. The maximum Gasteiger partial charge on any atom is 0.259 e.